The summed E-state index contributed by atoms with van der Waals surface area (Å²) in [5, 5.41) is 13.1. The van der Waals surface area contributed by atoms with Crippen LogP contribution in [0.5, 0.6) is 5.75 Å². The van der Waals surface area contributed by atoms with Crippen LogP contribution in [0.15, 0.2) is 42.6 Å². The van der Waals surface area contributed by atoms with Gasteiger partial charge in [0.05, 0.1) is 11.9 Å². The zero-order valence-corrected chi connectivity index (χ0v) is 9.98. The average Bonchev–Trinajstić information content (AvgIpc) is 2.32. The quantitative estimate of drug-likeness (QED) is 0.875. The van der Waals surface area contributed by atoms with Gasteiger partial charge in [-0.15, -0.1) is 0 Å². The summed E-state index contributed by atoms with van der Waals surface area (Å²) in [4.78, 5) is 4.09. The molecule has 0 fully saturated rings. The van der Waals surface area contributed by atoms with E-state index >= 15 is 0 Å². The predicted octanol–water partition coefficient (Wildman–Crippen LogP) is 2.73. The maximum atomic E-state index is 9.09. The molecular formula is C13H13ClN2O. The minimum Gasteiger partial charge on any atom is -0.506 e. The van der Waals surface area contributed by atoms with Crippen molar-refractivity contribution in [2.45, 2.75) is 13.1 Å². The van der Waals surface area contributed by atoms with E-state index in [0.29, 0.717) is 6.54 Å². The Bertz CT molecular complexity index is 485. The molecule has 1 aromatic carbocycles. The summed E-state index contributed by atoms with van der Waals surface area (Å²) in [6.07, 6.45) is 1.44. The van der Waals surface area contributed by atoms with E-state index < -0.39 is 0 Å². The minimum atomic E-state index is 0.184. The molecule has 88 valence electrons. The fraction of sp³-hybridized carbons (Fsp3) is 0.154. The number of hydrogen-bond donors (Lipinski definition) is 2. The number of pyridine rings is 1. The van der Waals surface area contributed by atoms with Crippen LogP contribution in [0.25, 0.3) is 0 Å². The van der Waals surface area contributed by atoms with Gasteiger partial charge in [-0.25, -0.2) is 0 Å². The van der Waals surface area contributed by atoms with Crippen LogP contribution >= 0.6 is 11.6 Å². The van der Waals surface area contributed by atoms with Crippen LogP contribution in [0, 0.1) is 0 Å². The summed E-state index contributed by atoms with van der Waals surface area (Å²) in [5.74, 6) is 0.184. The molecule has 0 spiro atoms. The topological polar surface area (TPSA) is 45.1 Å². The van der Waals surface area contributed by atoms with Crippen molar-refractivity contribution in [3.63, 3.8) is 0 Å². The zero-order valence-electron chi connectivity index (χ0n) is 9.23. The molecule has 2 N–H and O–H groups in total. The van der Waals surface area contributed by atoms with Crippen molar-refractivity contribution >= 4 is 11.6 Å². The highest BCUT2D eigenvalue weighted by molar-refractivity contribution is 6.30. The van der Waals surface area contributed by atoms with Gasteiger partial charge < -0.3 is 10.4 Å². The molecule has 2 aromatic rings. The van der Waals surface area contributed by atoms with Crippen LogP contribution in [0.3, 0.4) is 0 Å². The van der Waals surface area contributed by atoms with Crippen LogP contribution in [0.2, 0.25) is 5.02 Å². The van der Waals surface area contributed by atoms with Gasteiger partial charge in [0.15, 0.2) is 0 Å². The number of benzene rings is 1. The number of rotatable bonds is 4. The summed E-state index contributed by atoms with van der Waals surface area (Å²) in [6, 6.07) is 11.1. The highest BCUT2D eigenvalue weighted by Gasteiger charge is 1.96. The summed E-state index contributed by atoms with van der Waals surface area (Å²) in [6.45, 7) is 1.40. The lowest BCUT2D eigenvalue weighted by Gasteiger charge is -2.05. The van der Waals surface area contributed by atoms with E-state index in [1.165, 1.54) is 6.20 Å². The summed E-state index contributed by atoms with van der Waals surface area (Å²) >= 11 is 5.89. The van der Waals surface area contributed by atoms with Gasteiger partial charge in [-0.2, -0.15) is 0 Å². The molecule has 0 amide bonds. The van der Waals surface area contributed by atoms with Gasteiger partial charge >= 0.3 is 0 Å². The number of nitrogens with one attached hydrogen (secondary N) is 1. The molecule has 0 aliphatic carbocycles. The molecule has 0 aliphatic rings. The van der Waals surface area contributed by atoms with Crippen molar-refractivity contribution in [3.05, 3.63) is 58.9 Å². The molecule has 3 nitrogen and oxygen atoms in total. The average molecular weight is 249 g/mol. The van der Waals surface area contributed by atoms with Crippen molar-refractivity contribution in [1.82, 2.24) is 10.3 Å². The number of nitrogens with zero attached hydrogens (tertiary/aromatic N) is 1. The van der Waals surface area contributed by atoms with Crippen molar-refractivity contribution in [2.24, 2.45) is 0 Å². The Labute approximate surface area is 105 Å². The zero-order chi connectivity index (χ0) is 12.1. The molecule has 0 atom stereocenters. The molecule has 4 heteroatoms. The highest BCUT2D eigenvalue weighted by atomic mass is 35.5. The Kier molecular flexibility index (Phi) is 3.96. The first-order chi connectivity index (χ1) is 8.24. The lowest BCUT2D eigenvalue weighted by Crippen LogP contribution is -2.13. The van der Waals surface area contributed by atoms with Crippen LogP contribution in [0.1, 0.15) is 11.3 Å². The fourth-order valence-corrected chi connectivity index (χ4v) is 1.72. The fourth-order valence-electron chi connectivity index (χ4n) is 1.50. The molecule has 1 heterocycles. The van der Waals surface area contributed by atoms with Crippen molar-refractivity contribution < 1.29 is 5.11 Å². The van der Waals surface area contributed by atoms with Crippen molar-refractivity contribution in [2.75, 3.05) is 0 Å². The molecule has 0 aliphatic heterocycles. The summed E-state index contributed by atoms with van der Waals surface area (Å²) < 4.78 is 0. The third kappa shape index (κ3) is 3.73. The highest BCUT2D eigenvalue weighted by Crippen LogP contribution is 2.10. The van der Waals surface area contributed by atoms with E-state index in [0.717, 1.165) is 22.8 Å². The number of aromatic nitrogens is 1. The second-order valence-electron chi connectivity index (χ2n) is 3.74. The monoisotopic (exact) mass is 248 g/mol. The minimum absolute atomic E-state index is 0.184. The maximum Gasteiger partial charge on any atom is 0.133 e. The van der Waals surface area contributed by atoms with E-state index in [1.54, 1.807) is 12.1 Å². The molecule has 0 saturated heterocycles. The van der Waals surface area contributed by atoms with E-state index in [-0.39, 0.29) is 5.75 Å². The second kappa shape index (κ2) is 5.66. The van der Waals surface area contributed by atoms with Crippen LogP contribution in [-0.2, 0) is 13.1 Å². The van der Waals surface area contributed by atoms with E-state index in [4.69, 9.17) is 16.7 Å². The molecule has 1 aromatic heterocycles. The van der Waals surface area contributed by atoms with E-state index in [1.807, 2.05) is 24.3 Å². The summed E-state index contributed by atoms with van der Waals surface area (Å²) in [7, 11) is 0. The molecule has 0 saturated carbocycles. The Hall–Kier alpha value is -1.58. The molecule has 0 radical (unpaired) electrons. The third-order valence-electron chi connectivity index (χ3n) is 2.33. The van der Waals surface area contributed by atoms with Crippen molar-refractivity contribution in [3.8, 4) is 5.75 Å². The van der Waals surface area contributed by atoms with E-state index in [9.17, 15) is 0 Å². The molecular weight excluding hydrogens is 236 g/mol. The lowest BCUT2D eigenvalue weighted by molar-refractivity contribution is 0.471. The van der Waals surface area contributed by atoms with Crippen LogP contribution in [-0.4, -0.2) is 10.1 Å². The number of aromatic hydroxyl groups is 1. The van der Waals surface area contributed by atoms with Crippen molar-refractivity contribution in [1.29, 1.82) is 0 Å². The predicted molar refractivity (Wildman–Crippen MR) is 67.9 cm³/mol. The normalized spacial score (nSPS) is 10.4. The third-order valence-corrected chi connectivity index (χ3v) is 2.57. The standard InChI is InChI=1S/C13H13ClN2O/c14-11-3-1-2-10(6-11)7-15-8-12-4-5-13(17)9-16-12/h1-6,9,15,17H,7-8H2. The first-order valence-electron chi connectivity index (χ1n) is 5.33. The van der Waals surface area contributed by atoms with Gasteiger partial charge in [-0.1, -0.05) is 23.7 Å². The Morgan fingerprint density at radius 2 is 2.06 bits per heavy atom. The second-order valence-corrected chi connectivity index (χ2v) is 4.18. The summed E-state index contributed by atoms with van der Waals surface area (Å²) in [5.41, 5.74) is 2.03. The van der Waals surface area contributed by atoms with Crippen LogP contribution in [0.4, 0.5) is 0 Å². The SMILES string of the molecule is Oc1ccc(CNCc2cccc(Cl)c2)nc1. The molecule has 17 heavy (non-hydrogen) atoms. The number of hydrogen-bond acceptors (Lipinski definition) is 3. The molecule has 0 unspecified atom stereocenters. The largest absolute Gasteiger partial charge is 0.506 e. The first-order valence-corrected chi connectivity index (χ1v) is 5.71. The van der Waals surface area contributed by atoms with E-state index in [2.05, 4.69) is 10.3 Å². The maximum absolute atomic E-state index is 9.09. The Morgan fingerprint density at radius 3 is 2.76 bits per heavy atom. The first kappa shape index (κ1) is 11.9. The van der Waals surface area contributed by atoms with Gasteiger partial charge in [0.25, 0.3) is 0 Å². The van der Waals surface area contributed by atoms with Gasteiger partial charge in [0, 0.05) is 18.1 Å². The molecule has 0 bridgehead atoms. The Balaban J connectivity index is 1.85. The smallest absolute Gasteiger partial charge is 0.133 e. The molecule has 2 rings (SSSR count). The lowest BCUT2D eigenvalue weighted by atomic mass is 10.2. The van der Waals surface area contributed by atoms with Crippen LogP contribution < -0.4 is 5.32 Å². The van der Waals surface area contributed by atoms with Gasteiger partial charge in [0.1, 0.15) is 5.75 Å². The van der Waals surface area contributed by atoms with Gasteiger partial charge in [-0.3, -0.25) is 4.98 Å². The van der Waals surface area contributed by atoms with Gasteiger partial charge in [0.2, 0.25) is 0 Å². The Morgan fingerprint density at radius 1 is 1.18 bits per heavy atom. The van der Waals surface area contributed by atoms with Gasteiger partial charge in [-0.05, 0) is 29.8 Å². The number of halogens is 1.